The lowest BCUT2D eigenvalue weighted by molar-refractivity contribution is -0.125. The summed E-state index contributed by atoms with van der Waals surface area (Å²) in [5.41, 5.74) is 6.14. The summed E-state index contributed by atoms with van der Waals surface area (Å²) in [6.07, 6.45) is 0.434. The molecule has 5 nitrogen and oxygen atoms in total. The zero-order valence-electron chi connectivity index (χ0n) is 11.7. The van der Waals surface area contributed by atoms with Gasteiger partial charge in [-0.25, -0.2) is 8.42 Å². The molecule has 1 aliphatic rings. The van der Waals surface area contributed by atoms with Gasteiger partial charge in [0.05, 0.1) is 9.79 Å². The van der Waals surface area contributed by atoms with Crippen LogP contribution in [0.25, 0.3) is 0 Å². The molecule has 0 aliphatic carbocycles. The SMILES string of the molecule is NC(=O)C1CCc2ccc(S(=O)(=O)c3ccccc3)cc2O1. The van der Waals surface area contributed by atoms with E-state index < -0.39 is 21.8 Å². The van der Waals surface area contributed by atoms with Gasteiger partial charge in [-0.3, -0.25) is 4.79 Å². The summed E-state index contributed by atoms with van der Waals surface area (Å²) in [5, 5.41) is 0. The second-order valence-electron chi connectivity index (χ2n) is 5.13. The molecular weight excluding hydrogens is 302 g/mol. The van der Waals surface area contributed by atoms with Gasteiger partial charge in [0, 0.05) is 0 Å². The molecule has 2 N–H and O–H groups in total. The Bertz CT molecular complexity index is 815. The predicted octanol–water partition coefficient (Wildman–Crippen LogP) is 1.70. The van der Waals surface area contributed by atoms with Crippen molar-refractivity contribution < 1.29 is 17.9 Å². The largest absolute Gasteiger partial charge is 0.480 e. The number of rotatable bonds is 3. The maximum atomic E-state index is 12.6. The van der Waals surface area contributed by atoms with Gasteiger partial charge in [-0.2, -0.15) is 0 Å². The van der Waals surface area contributed by atoms with E-state index in [9.17, 15) is 13.2 Å². The van der Waals surface area contributed by atoms with Crippen molar-refractivity contribution in [1.82, 2.24) is 0 Å². The van der Waals surface area contributed by atoms with Crippen LogP contribution in [0.15, 0.2) is 58.3 Å². The average molecular weight is 317 g/mol. The zero-order valence-corrected chi connectivity index (χ0v) is 12.5. The van der Waals surface area contributed by atoms with Crippen molar-refractivity contribution in [3.05, 3.63) is 54.1 Å². The van der Waals surface area contributed by atoms with E-state index in [0.717, 1.165) is 5.56 Å². The van der Waals surface area contributed by atoms with E-state index >= 15 is 0 Å². The number of primary amides is 1. The zero-order chi connectivity index (χ0) is 15.7. The predicted molar refractivity (Wildman–Crippen MR) is 80.3 cm³/mol. The van der Waals surface area contributed by atoms with Crippen molar-refractivity contribution in [3.63, 3.8) is 0 Å². The van der Waals surface area contributed by atoms with Gasteiger partial charge in [0.25, 0.3) is 5.91 Å². The molecule has 0 saturated carbocycles. The Kier molecular flexibility index (Phi) is 3.62. The third kappa shape index (κ3) is 2.57. The van der Waals surface area contributed by atoms with E-state index in [2.05, 4.69) is 0 Å². The highest BCUT2D eigenvalue weighted by atomic mass is 32.2. The normalized spacial score (nSPS) is 17.4. The van der Waals surface area contributed by atoms with Crippen LogP contribution in [0.5, 0.6) is 5.75 Å². The first-order valence-corrected chi connectivity index (χ1v) is 8.36. The van der Waals surface area contributed by atoms with Gasteiger partial charge in [-0.05, 0) is 42.7 Å². The van der Waals surface area contributed by atoms with Crippen molar-refractivity contribution in [1.29, 1.82) is 0 Å². The van der Waals surface area contributed by atoms with Gasteiger partial charge in [0.1, 0.15) is 5.75 Å². The number of benzene rings is 2. The minimum absolute atomic E-state index is 0.141. The van der Waals surface area contributed by atoms with Crippen molar-refractivity contribution in [3.8, 4) is 5.75 Å². The lowest BCUT2D eigenvalue weighted by atomic mass is 10.0. The third-order valence-electron chi connectivity index (χ3n) is 3.66. The van der Waals surface area contributed by atoms with Crippen LogP contribution in [-0.2, 0) is 21.1 Å². The topological polar surface area (TPSA) is 86.5 Å². The smallest absolute Gasteiger partial charge is 0.258 e. The molecule has 1 aliphatic heterocycles. The van der Waals surface area contributed by atoms with E-state index in [-0.39, 0.29) is 9.79 Å². The Labute approximate surface area is 128 Å². The number of carbonyl (C=O) groups is 1. The summed E-state index contributed by atoms with van der Waals surface area (Å²) < 4.78 is 30.7. The molecular formula is C16H15NO4S. The Hall–Kier alpha value is -2.34. The van der Waals surface area contributed by atoms with Crippen molar-refractivity contribution in [2.75, 3.05) is 0 Å². The van der Waals surface area contributed by atoms with Crippen LogP contribution in [0.3, 0.4) is 0 Å². The van der Waals surface area contributed by atoms with Gasteiger partial charge in [-0.15, -0.1) is 0 Å². The summed E-state index contributed by atoms with van der Waals surface area (Å²) in [4.78, 5) is 11.6. The summed E-state index contributed by atoms with van der Waals surface area (Å²) in [7, 11) is -3.61. The first-order valence-electron chi connectivity index (χ1n) is 6.87. The van der Waals surface area contributed by atoms with Crippen LogP contribution in [-0.4, -0.2) is 20.4 Å². The lowest BCUT2D eigenvalue weighted by Gasteiger charge is -2.24. The van der Waals surface area contributed by atoms with Gasteiger partial charge in [0.15, 0.2) is 6.10 Å². The second-order valence-corrected chi connectivity index (χ2v) is 7.08. The molecule has 0 saturated heterocycles. The van der Waals surface area contributed by atoms with Crippen LogP contribution < -0.4 is 10.5 Å². The Morgan fingerprint density at radius 3 is 2.50 bits per heavy atom. The van der Waals surface area contributed by atoms with Gasteiger partial charge in [-0.1, -0.05) is 24.3 Å². The molecule has 1 heterocycles. The highest BCUT2D eigenvalue weighted by Gasteiger charge is 2.26. The minimum atomic E-state index is -3.61. The number of aryl methyl sites for hydroxylation is 1. The molecule has 1 atom stereocenters. The fourth-order valence-corrected chi connectivity index (χ4v) is 3.75. The molecule has 2 aromatic rings. The van der Waals surface area contributed by atoms with Gasteiger partial charge >= 0.3 is 0 Å². The van der Waals surface area contributed by atoms with Crippen LogP contribution in [0.1, 0.15) is 12.0 Å². The van der Waals surface area contributed by atoms with Crippen LogP contribution in [0, 0.1) is 0 Å². The molecule has 114 valence electrons. The number of sulfone groups is 1. The lowest BCUT2D eigenvalue weighted by Crippen LogP contribution is -2.36. The molecule has 1 amide bonds. The van der Waals surface area contributed by atoms with Crippen LogP contribution >= 0.6 is 0 Å². The molecule has 0 aromatic heterocycles. The first kappa shape index (κ1) is 14.6. The van der Waals surface area contributed by atoms with Crippen LogP contribution in [0.2, 0.25) is 0 Å². The summed E-state index contributed by atoms with van der Waals surface area (Å²) in [6, 6.07) is 12.9. The highest BCUT2D eigenvalue weighted by Crippen LogP contribution is 2.32. The molecule has 3 rings (SSSR count). The van der Waals surface area contributed by atoms with Crippen LogP contribution in [0.4, 0.5) is 0 Å². The number of ether oxygens (including phenoxy) is 1. The number of hydrogen-bond acceptors (Lipinski definition) is 4. The summed E-state index contributed by atoms with van der Waals surface area (Å²) in [5.74, 6) is -0.131. The third-order valence-corrected chi connectivity index (χ3v) is 5.43. The Morgan fingerprint density at radius 1 is 1.09 bits per heavy atom. The maximum absolute atomic E-state index is 12.6. The number of amides is 1. The quantitative estimate of drug-likeness (QED) is 0.933. The van der Waals surface area contributed by atoms with Crippen molar-refractivity contribution in [2.24, 2.45) is 5.73 Å². The van der Waals surface area contributed by atoms with Gasteiger partial charge < -0.3 is 10.5 Å². The van der Waals surface area contributed by atoms with E-state index in [1.54, 1.807) is 42.5 Å². The monoisotopic (exact) mass is 317 g/mol. The van der Waals surface area contributed by atoms with Crippen molar-refractivity contribution >= 4 is 15.7 Å². The fraction of sp³-hybridized carbons (Fsp3) is 0.188. The fourth-order valence-electron chi connectivity index (χ4n) is 2.45. The summed E-state index contributed by atoms with van der Waals surface area (Å²) in [6.45, 7) is 0. The van der Waals surface area contributed by atoms with E-state index in [4.69, 9.17) is 10.5 Å². The Morgan fingerprint density at radius 2 is 1.82 bits per heavy atom. The maximum Gasteiger partial charge on any atom is 0.258 e. The number of hydrogen-bond donors (Lipinski definition) is 1. The number of carbonyl (C=O) groups excluding carboxylic acids is 1. The molecule has 0 fully saturated rings. The van der Waals surface area contributed by atoms with Crippen molar-refractivity contribution in [2.45, 2.75) is 28.7 Å². The van der Waals surface area contributed by atoms with E-state index in [0.29, 0.717) is 18.6 Å². The first-order chi connectivity index (χ1) is 10.5. The average Bonchev–Trinajstić information content (AvgIpc) is 2.54. The minimum Gasteiger partial charge on any atom is -0.480 e. The molecule has 2 aromatic carbocycles. The molecule has 22 heavy (non-hydrogen) atoms. The number of nitrogens with two attached hydrogens (primary N) is 1. The van der Waals surface area contributed by atoms with E-state index in [1.807, 2.05) is 0 Å². The van der Waals surface area contributed by atoms with Gasteiger partial charge in [0.2, 0.25) is 9.84 Å². The molecule has 0 spiro atoms. The molecule has 0 bridgehead atoms. The second kappa shape index (κ2) is 5.46. The number of fused-ring (bicyclic) bond motifs is 1. The molecule has 6 heteroatoms. The molecule has 0 radical (unpaired) electrons. The standard InChI is InChI=1S/C16H15NO4S/c17-16(18)14-9-7-11-6-8-13(10-15(11)21-14)22(19,20)12-4-2-1-3-5-12/h1-6,8,10,14H,7,9H2,(H2,17,18). The Balaban J connectivity index is 2.01. The highest BCUT2D eigenvalue weighted by molar-refractivity contribution is 7.91. The summed E-state index contributed by atoms with van der Waals surface area (Å²) >= 11 is 0. The molecule has 1 unspecified atom stereocenters. The van der Waals surface area contributed by atoms with E-state index in [1.165, 1.54) is 6.07 Å².